The topological polar surface area (TPSA) is 73.9 Å². The average molecular weight is 417 g/mol. The van der Waals surface area contributed by atoms with E-state index in [0.29, 0.717) is 34.1 Å². The molecule has 6 heteroatoms. The van der Waals surface area contributed by atoms with Crippen LogP contribution in [-0.4, -0.2) is 33.0 Å². The highest BCUT2D eigenvalue weighted by molar-refractivity contribution is 6.09. The number of amides is 1. The van der Waals surface area contributed by atoms with E-state index in [1.807, 2.05) is 12.1 Å². The maximum Gasteiger partial charge on any atom is 0.255 e. The van der Waals surface area contributed by atoms with Gasteiger partial charge in [-0.05, 0) is 60.2 Å². The van der Waals surface area contributed by atoms with Gasteiger partial charge >= 0.3 is 0 Å². The monoisotopic (exact) mass is 417 g/mol. The van der Waals surface area contributed by atoms with Gasteiger partial charge in [0.15, 0.2) is 5.78 Å². The van der Waals surface area contributed by atoms with Crippen molar-refractivity contribution in [2.45, 2.75) is 0 Å². The number of anilines is 1. The molecule has 0 heterocycles. The van der Waals surface area contributed by atoms with E-state index in [1.165, 1.54) is 13.2 Å². The molecule has 3 rings (SSSR count). The van der Waals surface area contributed by atoms with Gasteiger partial charge in [0, 0.05) is 17.3 Å². The van der Waals surface area contributed by atoms with Crippen LogP contribution in [0.4, 0.5) is 5.69 Å². The van der Waals surface area contributed by atoms with Gasteiger partial charge in [-0.3, -0.25) is 9.59 Å². The summed E-state index contributed by atoms with van der Waals surface area (Å²) in [6.45, 7) is 0. The number of benzene rings is 3. The van der Waals surface area contributed by atoms with Crippen molar-refractivity contribution in [3.63, 3.8) is 0 Å². The van der Waals surface area contributed by atoms with Crippen molar-refractivity contribution in [1.82, 2.24) is 0 Å². The maximum atomic E-state index is 12.6. The summed E-state index contributed by atoms with van der Waals surface area (Å²) in [7, 11) is 4.63. The van der Waals surface area contributed by atoms with E-state index in [9.17, 15) is 9.59 Å². The number of hydrogen-bond acceptors (Lipinski definition) is 5. The minimum absolute atomic E-state index is 0.202. The number of carbonyl (C=O) groups excluding carboxylic acids is 2. The summed E-state index contributed by atoms with van der Waals surface area (Å²) in [5, 5.41) is 2.85. The van der Waals surface area contributed by atoms with E-state index in [1.54, 1.807) is 74.9 Å². The summed E-state index contributed by atoms with van der Waals surface area (Å²) in [4.78, 5) is 25.1. The first kappa shape index (κ1) is 21.6. The van der Waals surface area contributed by atoms with Gasteiger partial charge < -0.3 is 19.5 Å². The molecule has 0 spiro atoms. The quantitative estimate of drug-likeness (QED) is 0.418. The SMILES string of the molecule is COc1ccc(C(=O)Nc2cccc(/C=C/C(=O)c3ccc(OC)cc3OC)c2)cc1. The molecule has 3 aromatic carbocycles. The summed E-state index contributed by atoms with van der Waals surface area (Å²) >= 11 is 0. The fourth-order valence-electron chi connectivity index (χ4n) is 2.93. The highest BCUT2D eigenvalue weighted by Crippen LogP contribution is 2.25. The average Bonchev–Trinajstić information content (AvgIpc) is 2.82. The van der Waals surface area contributed by atoms with E-state index < -0.39 is 0 Å². The number of ether oxygens (including phenoxy) is 3. The molecule has 0 radical (unpaired) electrons. The molecule has 1 N–H and O–H groups in total. The lowest BCUT2D eigenvalue weighted by atomic mass is 10.1. The number of methoxy groups -OCH3 is 3. The van der Waals surface area contributed by atoms with Crippen LogP contribution in [-0.2, 0) is 0 Å². The third-order valence-corrected chi connectivity index (χ3v) is 4.60. The summed E-state index contributed by atoms with van der Waals surface area (Å²) in [6, 6.07) is 19.1. The lowest BCUT2D eigenvalue weighted by molar-refractivity contribution is 0.102. The van der Waals surface area contributed by atoms with Crippen LogP contribution in [0.2, 0.25) is 0 Å². The van der Waals surface area contributed by atoms with Crippen LogP contribution >= 0.6 is 0 Å². The first-order valence-electron chi connectivity index (χ1n) is 9.54. The Labute approximate surface area is 181 Å². The molecule has 0 bridgehead atoms. The number of allylic oxidation sites excluding steroid dienone is 1. The Bertz CT molecular complexity index is 1100. The Balaban J connectivity index is 1.72. The molecule has 0 fully saturated rings. The van der Waals surface area contributed by atoms with Gasteiger partial charge in [-0.1, -0.05) is 18.2 Å². The van der Waals surface area contributed by atoms with Gasteiger partial charge in [0.25, 0.3) is 5.91 Å². The van der Waals surface area contributed by atoms with Crippen molar-refractivity contribution >= 4 is 23.5 Å². The van der Waals surface area contributed by atoms with Gasteiger partial charge in [-0.15, -0.1) is 0 Å². The van der Waals surface area contributed by atoms with Crippen LogP contribution in [0, 0.1) is 0 Å². The van der Waals surface area contributed by atoms with Gasteiger partial charge in [-0.2, -0.15) is 0 Å². The molecule has 0 aliphatic rings. The van der Waals surface area contributed by atoms with Crippen molar-refractivity contribution in [2.24, 2.45) is 0 Å². The first-order chi connectivity index (χ1) is 15.0. The highest BCUT2D eigenvalue weighted by atomic mass is 16.5. The van der Waals surface area contributed by atoms with Gasteiger partial charge in [0.1, 0.15) is 17.2 Å². The second-order valence-corrected chi connectivity index (χ2v) is 6.57. The Morgan fingerprint density at radius 2 is 1.52 bits per heavy atom. The standard InChI is InChI=1S/C25H23NO5/c1-29-20-10-8-18(9-11-20)25(28)26-19-6-4-5-17(15-19)7-14-23(27)22-13-12-21(30-2)16-24(22)31-3/h4-16H,1-3H3,(H,26,28)/b14-7+. The summed E-state index contributed by atoms with van der Waals surface area (Å²) in [5.74, 6) is 1.30. The minimum Gasteiger partial charge on any atom is -0.497 e. The van der Waals surface area contributed by atoms with Crippen molar-refractivity contribution < 1.29 is 23.8 Å². The zero-order chi connectivity index (χ0) is 22.2. The third kappa shape index (κ3) is 5.51. The molecule has 158 valence electrons. The lowest BCUT2D eigenvalue weighted by Gasteiger charge is -2.08. The molecule has 31 heavy (non-hydrogen) atoms. The van der Waals surface area contributed by atoms with Gasteiger partial charge in [0.2, 0.25) is 0 Å². The summed E-state index contributed by atoms with van der Waals surface area (Å²) in [6.07, 6.45) is 3.16. The van der Waals surface area contributed by atoms with Crippen LogP contribution in [0.15, 0.2) is 72.8 Å². The number of rotatable bonds is 8. The van der Waals surface area contributed by atoms with E-state index in [2.05, 4.69) is 5.32 Å². The first-order valence-corrected chi connectivity index (χ1v) is 9.54. The Kier molecular flexibility index (Phi) is 7.06. The van der Waals surface area contributed by atoms with Crippen LogP contribution in [0.25, 0.3) is 6.08 Å². The molecule has 1 amide bonds. The van der Waals surface area contributed by atoms with Crippen molar-refractivity contribution in [2.75, 3.05) is 26.6 Å². The second-order valence-electron chi connectivity index (χ2n) is 6.57. The van der Waals surface area contributed by atoms with E-state index in [0.717, 1.165) is 5.56 Å². The number of nitrogens with one attached hydrogen (secondary N) is 1. The summed E-state index contributed by atoms with van der Waals surface area (Å²) in [5.41, 5.74) is 2.35. The van der Waals surface area contributed by atoms with E-state index >= 15 is 0 Å². The predicted molar refractivity (Wildman–Crippen MR) is 120 cm³/mol. The molecular weight excluding hydrogens is 394 g/mol. The zero-order valence-corrected chi connectivity index (χ0v) is 17.5. The molecular formula is C25H23NO5. The van der Waals surface area contributed by atoms with Crippen LogP contribution < -0.4 is 19.5 Å². The van der Waals surface area contributed by atoms with Gasteiger partial charge in [0.05, 0.1) is 26.9 Å². The Morgan fingerprint density at radius 1 is 0.806 bits per heavy atom. The molecule has 0 aliphatic heterocycles. The molecule has 0 aliphatic carbocycles. The Hall–Kier alpha value is -4.06. The third-order valence-electron chi connectivity index (χ3n) is 4.60. The Morgan fingerprint density at radius 3 is 2.19 bits per heavy atom. The van der Waals surface area contributed by atoms with Crippen LogP contribution in [0.1, 0.15) is 26.3 Å². The predicted octanol–water partition coefficient (Wildman–Crippen LogP) is 4.86. The molecule has 3 aromatic rings. The molecule has 0 saturated carbocycles. The van der Waals surface area contributed by atoms with E-state index in [-0.39, 0.29) is 11.7 Å². The molecule has 0 atom stereocenters. The lowest BCUT2D eigenvalue weighted by Crippen LogP contribution is -2.11. The smallest absolute Gasteiger partial charge is 0.255 e. The number of hydrogen-bond donors (Lipinski definition) is 1. The highest BCUT2D eigenvalue weighted by Gasteiger charge is 2.11. The van der Waals surface area contributed by atoms with E-state index in [4.69, 9.17) is 14.2 Å². The number of ketones is 1. The van der Waals surface area contributed by atoms with Crippen molar-refractivity contribution in [1.29, 1.82) is 0 Å². The largest absolute Gasteiger partial charge is 0.497 e. The second kappa shape index (κ2) is 10.1. The fourth-order valence-corrected chi connectivity index (χ4v) is 2.93. The summed E-state index contributed by atoms with van der Waals surface area (Å²) < 4.78 is 15.6. The zero-order valence-electron chi connectivity index (χ0n) is 17.5. The van der Waals surface area contributed by atoms with Gasteiger partial charge in [-0.25, -0.2) is 0 Å². The van der Waals surface area contributed by atoms with Crippen molar-refractivity contribution in [3.8, 4) is 17.2 Å². The van der Waals surface area contributed by atoms with Crippen LogP contribution in [0.3, 0.4) is 0 Å². The minimum atomic E-state index is -0.233. The molecule has 0 aromatic heterocycles. The molecule has 0 saturated heterocycles. The normalized spacial score (nSPS) is 10.5. The molecule has 6 nitrogen and oxygen atoms in total. The maximum absolute atomic E-state index is 12.6. The molecule has 0 unspecified atom stereocenters. The number of carbonyl (C=O) groups is 2. The fraction of sp³-hybridized carbons (Fsp3) is 0.120. The van der Waals surface area contributed by atoms with Crippen LogP contribution in [0.5, 0.6) is 17.2 Å². The van der Waals surface area contributed by atoms with Crippen molar-refractivity contribution in [3.05, 3.63) is 89.5 Å².